The van der Waals surface area contributed by atoms with Crippen LogP contribution in [0.4, 0.5) is 11.4 Å². The monoisotopic (exact) mass is 358 g/mol. The molecule has 3 aromatic carbocycles. The average Bonchev–Trinajstić information content (AvgIpc) is 2.95. The maximum atomic E-state index is 12.0. The second-order valence-electron chi connectivity index (χ2n) is 6.15. The summed E-state index contributed by atoms with van der Waals surface area (Å²) in [4.78, 5) is 12.0. The topological polar surface area (TPSA) is 109 Å². The summed E-state index contributed by atoms with van der Waals surface area (Å²) >= 11 is 0. The summed E-state index contributed by atoms with van der Waals surface area (Å²) < 4.78 is 7.55. The fourth-order valence-electron chi connectivity index (χ4n) is 3.13. The number of ether oxygens (including phenoxy) is 1. The zero-order valence-electron chi connectivity index (χ0n) is 14.4. The van der Waals surface area contributed by atoms with Crippen molar-refractivity contribution in [2.45, 2.75) is 0 Å². The van der Waals surface area contributed by atoms with E-state index in [2.05, 4.69) is 0 Å². The van der Waals surface area contributed by atoms with Gasteiger partial charge in [-0.3, -0.25) is 4.79 Å². The number of primary amides is 1. The van der Waals surface area contributed by atoms with Gasteiger partial charge in [0, 0.05) is 16.8 Å². The minimum atomic E-state index is -0.605. The van der Waals surface area contributed by atoms with Gasteiger partial charge in [0.25, 0.3) is 5.91 Å². The molecule has 4 aromatic rings. The van der Waals surface area contributed by atoms with Gasteiger partial charge in [0.15, 0.2) is 0 Å². The van der Waals surface area contributed by atoms with E-state index in [9.17, 15) is 4.79 Å². The fraction of sp³-hybridized carbons (Fsp3) is 0. The number of para-hydroxylation sites is 1. The molecule has 1 aromatic heterocycles. The van der Waals surface area contributed by atoms with Crippen LogP contribution >= 0.6 is 0 Å². The highest BCUT2D eigenvalue weighted by Gasteiger charge is 2.20. The standard InChI is InChI=1S/C21H18N4O2/c22-13-6-11-18-17(12-13)19(23)20(21(24)26)25(18)14-7-9-16(10-8-14)27-15-4-2-1-3-5-15/h1-12H,22-23H2,(H2,24,26). The first-order chi connectivity index (χ1) is 13.0. The molecule has 4 rings (SSSR count). The summed E-state index contributed by atoms with van der Waals surface area (Å²) in [6, 6.07) is 22.2. The predicted molar refractivity (Wildman–Crippen MR) is 107 cm³/mol. The molecular formula is C21H18N4O2. The van der Waals surface area contributed by atoms with Crippen LogP contribution in [0.15, 0.2) is 72.8 Å². The minimum Gasteiger partial charge on any atom is -0.457 e. The first kappa shape index (κ1) is 16.5. The molecule has 1 heterocycles. The lowest BCUT2D eigenvalue weighted by Gasteiger charge is -2.11. The number of anilines is 2. The van der Waals surface area contributed by atoms with E-state index in [1.165, 1.54) is 0 Å². The van der Waals surface area contributed by atoms with Crippen LogP contribution in [0.5, 0.6) is 11.5 Å². The zero-order chi connectivity index (χ0) is 19.0. The number of fused-ring (bicyclic) bond motifs is 1. The molecule has 1 amide bonds. The molecule has 0 aliphatic carbocycles. The number of nitrogen functional groups attached to an aromatic ring is 2. The zero-order valence-corrected chi connectivity index (χ0v) is 14.4. The Kier molecular flexibility index (Phi) is 3.93. The molecule has 6 nitrogen and oxygen atoms in total. The molecular weight excluding hydrogens is 340 g/mol. The van der Waals surface area contributed by atoms with Crippen molar-refractivity contribution in [2.24, 2.45) is 5.73 Å². The summed E-state index contributed by atoms with van der Waals surface area (Å²) in [5, 5.41) is 0.688. The molecule has 0 radical (unpaired) electrons. The second-order valence-corrected chi connectivity index (χ2v) is 6.15. The highest BCUT2D eigenvalue weighted by atomic mass is 16.5. The highest BCUT2D eigenvalue weighted by molar-refractivity contribution is 6.09. The van der Waals surface area contributed by atoms with E-state index in [0.717, 1.165) is 17.0 Å². The van der Waals surface area contributed by atoms with Crippen molar-refractivity contribution in [1.82, 2.24) is 4.57 Å². The van der Waals surface area contributed by atoms with Gasteiger partial charge in [-0.15, -0.1) is 0 Å². The number of amides is 1. The van der Waals surface area contributed by atoms with Crippen LogP contribution in [0.25, 0.3) is 16.6 Å². The number of nitrogens with two attached hydrogens (primary N) is 3. The smallest absolute Gasteiger partial charge is 0.267 e. The van der Waals surface area contributed by atoms with Crippen molar-refractivity contribution in [1.29, 1.82) is 0 Å². The SMILES string of the molecule is NC(=O)c1c(N)c2cc(N)ccc2n1-c1ccc(Oc2ccccc2)cc1. The molecule has 6 N–H and O–H groups in total. The second kappa shape index (κ2) is 6.42. The van der Waals surface area contributed by atoms with Crippen LogP contribution in [0, 0.1) is 0 Å². The normalized spacial score (nSPS) is 10.8. The number of hydrogen-bond acceptors (Lipinski definition) is 4. The lowest BCUT2D eigenvalue weighted by molar-refractivity contribution is 0.0995. The van der Waals surface area contributed by atoms with Gasteiger partial charge in [-0.25, -0.2) is 0 Å². The molecule has 6 heteroatoms. The molecule has 27 heavy (non-hydrogen) atoms. The van der Waals surface area contributed by atoms with Crippen LogP contribution in [0.2, 0.25) is 0 Å². The van der Waals surface area contributed by atoms with E-state index >= 15 is 0 Å². The largest absolute Gasteiger partial charge is 0.457 e. The van der Waals surface area contributed by atoms with Gasteiger partial charge in [0.05, 0.1) is 11.2 Å². The Morgan fingerprint density at radius 3 is 2.19 bits per heavy atom. The van der Waals surface area contributed by atoms with Gasteiger partial charge in [-0.05, 0) is 54.6 Å². The molecule has 0 saturated carbocycles. The van der Waals surface area contributed by atoms with Gasteiger partial charge in [0.2, 0.25) is 0 Å². The first-order valence-corrected chi connectivity index (χ1v) is 8.37. The molecule has 0 aliphatic rings. The van der Waals surface area contributed by atoms with E-state index in [4.69, 9.17) is 21.9 Å². The van der Waals surface area contributed by atoms with Gasteiger partial charge < -0.3 is 26.5 Å². The predicted octanol–water partition coefficient (Wildman–Crippen LogP) is 3.69. The van der Waals surface area contributed by atoms with Crippen LogP contribution in [0.1, 0.15) is 10.5 Å². The number of carbonyl (C=O) groups is 1. The van der Waals surface area contributed by atoms with Crippen molar-refractivity contribution < 1.29 is 9.53 Å². The fourth-order valence-corrected chi connectivity index (χ4v) is 3.13. The number of hydrogen-bond donors (Lipinski definition) is 3. The van der Waals surface area contributed by atoms with Crippen molar-refractivity contribution in [2.75, 3.05) is 11.5 Å². The van der Waals surface area contributed by atoms with Crippen molar-refractivity contribution >= 4 is 28.2 Å². The van der Waals surface area contributed by atoms with E-state index in [0.29, 0.717) is 22.5 Å². The van der Waals surface area contributed by atoms with Gasteiger partial charge in [-0.2, -0.15) is 0 Å². The molecule has 134 valence electrons. The first-order valence-electron chi connectivity index (χ1n) is 8.37. The van der Waals surface area contributed by atoms with Crippen LogP contribution in [-0.4, -0.2) is 10.5 Å². The van der Waals surface area contributed by atoms with Crippen molar-refractivity contribution in [3.8, 4) is 17.2 Å². The summed E-state index contributed by atoms with van der Waals surface area (Å²) in [6.45, 7) is 0. The summed E-state index contributed by atoms with van der Waals surface area (Å²) in [6.07, 6.45) is 0. The Labute approximate surface area is 155 Å². The third-order valence-electron chi connectivity index (χ3n) is 4.34. The minimum absolute atomic E-state index is 0.229. The summed E-state index contributed by atoms with van der Waals surface area (Å²) in [5.74, 6) is 0.820. The van der Waals surface area contributed by atoms with Gasteiger partial charge in [-0.1, -0.05) is 18.2 Å². The summed E-state index contributed by atoms with van der Waals surface area (Å²) in [7, 11) is 0. The molecule has 0 spiro atoms. The van der Waals surface area contributed by atoms with Crippen LogP contribution < -0.4 is 21.9 Å². The third-order valence-corrected chi connectivity index (χ3v) is 4.34. The number of benzene rings is 3. The van der Waals surface area contributed by atoms with E-state index in [1.807, 2.05) is 60.7 Å². The van der Waals surface area contributed by atoms with Crippen LogP contribution in [0.3, 0.4) is 0 Å². The summed E-state index contributed by atoms with van der Waals surface area (Å²) in [5.41, 5.74) is 20.2. The Morgan fingerprint density at radius 2 is 1.52 bits per heavy atom. The van der Waals surface area contributed by atoms with E-state index in [1.54, 1.807) is 16.7 Å². The highest BCUT2D eigenvalue weighted by Crippen LogP contribution is 2.33. The molecule has 0 unspecified atom stereocenters. The van der Waals surface area contributed by atoms with Crippen molar-refractivity contribution in [3.63, 3.8) is 0 Å². The van der Waals surface area contributed by atoms with E-state index in [-0.39, 0.29) is 5.69 Å². The van der Waals surface area contributed by atoms with Crippen molar-refractivity contribution in [3.05, 3.63) is 78.5 Å². The number of aromatic nitrogens is 1. The maximum Gasteiger partial charge on any atom is 0.267 e. The van der Waals surface area contributed by atoms with Gasteiger partial charge in [0.1, 0.15) is 17.2 Å². The molecule has 0 saturated heterocycles. The Hall–Kier alpha value is -3.93. The number of nitrogens with zero attached hydrogens (tertiary/aromatic N) is 1. The molecule has 0 atom stereocenters. The number of carbonyl (C=O) groups excluding carboxylic acids is 1. The molecule has 0 aliphatic heterocycles. The average molecular weight is 358 g/mol. The molecule has 0 bridgehead atoms. The maximum absolute atomic E-state index is 12.0. The quantitative estimate of drug-likeness (QED) is 0.483. The molecule has 0 fully saturated rings. The van der Waals surface area contributed by atoms with Gasteiger partial charge >= 0.3 is 0 Å². The lowest BCUT2D eigenvalue weighted by Crippen LogP contribution is -2.17. The number of rotatable bonds is 4. The van der Waals surface area contributed by atoms with E-state index < -0.39 is 5.91 Å². The Bertz CT molecular complexity index is 1130. The van der Waals surface area contributed by atoms with Crippen LogP contribution in [-0.2, 0) is 0 Å². The Balaban J connectivity index is 1.80. The Morgan fingerprint density at radius 1 is 0.852 bits per heavy atom. The third kappa shape index (κ3) is 2.93. The lowest BCUT2D eigenvalue weighted by atomic mass is 10.2.